The van der Waals surface area contributed by atoms with Crippen LogP contribution in [0.2, 0.25) is 0 Å². The topological polar surface area (TPSA) is 49.8 Å². The maximum absolute atomic E-state index is 12.3. The minimum absolute atomic E-state index is 0.0460. The Kier molecular flexibility index (Phi) is 6.53. The molecule has 0 aromatic heterocycles. The number of nitrogens with zero attached hydrogens (tertiary/aromatic N) is 1. The Bertz CT molecular complexity index is 775. The van der Waals surface area contributed by atoms with Crippen LogP contribution in [-0.4, -0.2) is 42.2 Å². The standard InChI is InChI=1S/C24H31NO3/c1-18-7-9-20(10-8-18)23(26)28-21-13-11-19(12-14-21)22(17-25(2)3)24(27)15-5-4-6-16-24/h7-14,22,27H,4-6,15-17H2,1-3H3. The maximum atomic E-state index is 12.3. The lowest BCUT2D eigenvalue weighted by atomic mass is 9.72. The normalized spacial score (nSPS) is 17.3. The van der Waals surface area contributed by atoms with Crippen LogP contribution in [0.15, 0.2) is 48.5 Å². The first-order chi connectivity index (χ1) is 13.4. The van der Waals surface area contributed by atoms with Crippen LogP contribution in [0.5, 0.6) is 5.75 Å². The van der Waals surface area contributed by atoms with E-state index in [0.717, 1.165) is 43.4 Å². The van der Waals surface area contributed by atoms with E-state index in [2.05, 4.69) is 4.90 Å². The second-order valence-corrected chi connectivity index (χ2v) is 8.30. The average molecular weight is 382 g/mol. The molecule has 1 N–H and O–H groups in total. The number of hydrogen-bond acceptors (Lipinski definition) is 4. The molecule has 0 bridgehead atoms. The van der Waals surface area contributed by atoms with Crippen molar-refractivity contribution in [2.24, 2.45) is 0 Å². The van der Waals surface area contributed by atoms with Gasteiger partial charge in [-0.15, -0.1) is 0 Å². The molecule has 0 radical (unpaired) electrons. The van der Waals surface area contributed by atoms with Crippen LogP contribution in [0.4, 0.5) is 0 Å². The van der Waals surface area contributed by atoms with Crippen LogP contribution in [0.3, 0.4) is 0 Å². The summed E-state index contributed by atoms with van der Waals surface area (Å²) in [7, 11) is 4.08. The summed E-state index contributed by atoms with van der Waals surface area (Å²) in [6, 6.07) is 15.0. The quantitative estimate of drug-likeness (QED) is 0.589. The predicted octanol–water partition coefficient (Wildman–Crippen LogP) is 4.55. The SMILES string of the molecule is Cc1ccc(C(=O)Oc2ccc(C(CN(C)C)C3(O)CCCCC3)cc2)cc1. The fourth-order valence-corrected chi connectivity index (χ4v) is 4.09. The highest BCUT2D eigenvalue weighted by atomic mass is 16.5. The van der Waals surface area contributed by atoms with Gasteiger partial charge in [0.05, 0.1) is 11.2 Å². The lowest BCUT2D eigenvalue weighted by Crippen LogP contribution is -2.42. The number of esters is 1. The lowest BCUT2D eigenvalue weighted by Gasteiger charge is -2.40. The van der Waals surface area contributed by atoms with Gasteiger partial charge in [-0.05, 0) is 63.7 Å². The molecular weight excluding hydrogens is 350 g/mol. The molecule has 0 spiro atoms. The first-order valence-corrected chi connectivity index (χ1v) is 10.1. The maximum Gasteiger partial charge on any atom is 0.343 e. The third kappa shape index (κ3) is 5.00. The van der Waals surface area contributed by atoms with E-state index in [-0.39, 0.29) is 11.9 Å². The molecule has 28 heavy (non-hydrogen) atoms. The summed E-state index contributed by atoms with van der Waals surface area (Å²) >= 11 is 0. The third-order valence-electron chi connectivity index (χ3n) is 5.70. The van der Waals surface area contributed by atoms with Crippen molar-refractivity contribution in [1.82, 2.24) is 4.90 Å². The van der Waals surface area contributed by atoms with Gasteiger partial charge in [0.15, 0.2) is 0 Å². The van der Waals surface area contributed by atoms with Crippen LogP contribution in [0.1, 0.15) is 59.5 Å². The van der Waals surface area contributed by atoms with Gasteiger partial charge in [0.2, 0.25) is 0 Å². The number of carbonyl (C=O) groups excluding carboxylic acids is 1. The van der Waals surface area contributed by atoms with Crippen LogP contribution < -0.4 is 4.74 Å². The highest BCUT2D eigenvalue weighted by molar-refractivity contribution is 5.91. The van der Waals surface area contributed by atoms with E-state index in [1.807, 2.05) is 57.4 Å². The molecule has 2 aromatic carbocycles. The molecule has 0 saturated heterocycles. The Morgan fingerprint density at radius 3 is 2.21 bits per heavy atom. The molecule has 150 valence electrons. The van der Waals surface area contributed by atoms with E-state index in [0.29, 0.717) is 11.3 Å². The molecule has 2 aromatic rings. The summed E-state index contributed by atoms with van der Waals surface area (Å²) in [4.78, 5) is 14.4. The van der Waals surface area contributed by atoms with Crippen molar-refractivity contribution >= 4 is 5.97 Å². The van der Waals surface area contributed by atoms with Gasteiger partial charge in [-0.1, -0.05) is 49.1 Å². The minimum atomic E-state index is -0.664. The van der Waals surface area contributed by atoms with Gasteiger partial charge in [0.1, 0.15) is 5.75 Å². The van der Waals surface area contributed by atoms with Crippen LogP contribution in [0.25, 0.3) is 0 Å². The molecule has 0 aliphatic heterocycles. The van der Waals surface area contributed by atoms with E-state index in [1.54, 1.807) is 12.1 Å². The minimum Gasteiger partial charge on any atom is -0.423 e. The van der Waals surface area contributed by atoms with Crippen molar-refractivity contribution in [2.45, 2.75) is 50.5 Å². The van der Waals surface area contributed by atoms with E-state index < -0.39 is 5.60 Å². The molecule has 1 unspecified atom stereocenters. The van der Waals surface area contributed by atoms with Gasteiger partial charge in [-0.25, -0.2) is 4.79 Å². The zero-order valence-electron chi connectivity index (χ0n) is 17.1. The molecule has 4 nitrogen and oxygen atoms in total. The molecule has 1 aliphatic rings. The second-order valence-electron chi connectivity index (χ2n) is 8.30. The molecule has 4 heteroatoms. The number of rotatable bonds is 6. The van der Waals surface area contributed by atoms with Gasteiger partial charge < -0.3 is 14.7 Å². The number of ether oxygens (including phenoxy) is 1. The molecule has 3 rings (SSSR count). The summed E-state index contributed by atoms with van der Waals surface area (Å²) < 4.78 is 5.51. The Balaban J connectivity index is 1.75. The monoisotopic (exact) mass is 381 g/mol. The molecule has 1 aliphatic carbocycles. The summed E-state index contributed by atoms with van der Waals surface area (Å²) in [6.07, 6.45) is 5.04. The second kappa shape index (κ2) is 8.89. The summed E-state index contributed by atoms with van der Waals surface area (Å²) in [5.41, 5.74) is 2.07. The van der Waals surface area contributed by atoms with E-state index in [9.17, 15) is 9.90 Å². The number of carbonyl (C=O) groups is 1. The first kappa shape index (κ1) is 20.6. The lowest BCUT2D eigenvalue weighted by molar-refractivity contribution is -0.0277. The number of benzene rings is 2. The molecule has 1 atom stereocenters. The van der Waals surface area contributed by atoms with Gasteiger partial charge in [0, 0.05) is 12.5 Å². The summed E-state index contributed by atoms with van der Waals surface area (Å²) in [6.45, 7) is 2.78. The third-order valence-corrected chi connectivity index (χ3v) is 5.70. The molecule has 1 fully saturated rings. The number of aryl methyl sites for hydroxylation is 1. The Hall–Kier alpha value is -2.17. The Morgan fingerprint density at radius 2 is 1.64 bits per heavy atom. The molecule has 0 heterocycles. The van der Waals surface area contributed by atoms with E-state index in [1.165, 1.54) is 6.42 Å². The average Bonchev–Trinajstić information content (AvgIpc) is 2.68. The van der Waals surface area contributed by atoms with E-state index >= 15 is 0 Å². The molecule has 0 amide bonds. The smallest absolute Gasteiger partial charge is 0.343 e. The van der Waals surface area contributed by atoms with Gasteiger partial charge in [-0.2, -0.15) is 0 Å². The van der Waals surface area contributed by atoms with Crippen molar-refractivity contribution in [3.05, 3.63) is 65.2 Å². The predicted molar refractivity (Wildman–Crippen MR) is 112 cm³/mol. The highest BCUT2D eigenvalue weighted by Gasteiger charge is 2.38. The largest absolute Gasteiger partial charge is 0.423 e. The van der Waals surface area contributed by atoms with Crippen LogP contribution in [-0.2, 0) is 0 Å². The zero-order valence-corrected chi connectivity index (χ0v) is 17.1. The Labute approximate surface area is 168 Å². The van der Waals surface area contributed by atoms with Crippen molar-refractivity contribution in [1.29, 1.82) is 0 Å². The number of hydrogen-bond donors (Lipinski definition) is 1. The number of likely N-dealkylation sites (N-methyl/N-ethyl adjacent to an activating group) is 1. The molecular formula is C24H31NO3. The van der Waals surface area contributed by atoms with Gasteiger partial charge in [-0.3, -0.25) is 0 Å². The van der Waals surface area contributed by atoms with E-state index in [4.69, 9.17) is 4.74 Å². The van der Waals surface area contributed by atoms with Crippen molar-refractivity contribution < 1.29 is 14.6 Å². The van der Waals surface area contributed by atoms with Gasteiger partial charge in [0.25, 0.3) is 0 Å². The first-order valence-electron chi connectivity index (χ1n) is 10.1. The highest BCUT2D eigenvalue weighted by Crippen LogP contribution is 2.40. The summed E-state index contributed by atoms with van der Waals surface area (Å²) in [5, 5.41) is 11.3. The van der Waals surface area contributed by atoms with Gasteiger partial charge >= 0.3 is 5.97 Å². The molecule has 1 saturated carbocycles. The van der Waals surface area contributed by atoms with Crippen LogP contribution in [0, 0.1) is 6.92 Å². The fraction of sp³-hybridized carbons (Fsp3) is 0.458. The van der Waals surface area contributed by atoms with Crippen molar-refractivity contribution in [2.75, 3.05) is 20.6 Å². The van der Waals surface area contributed by atoms with Crippen molar-refractivity contribution in [3.63, 3.8) is 0 Å². The Morgan fingerprint density at radius 1 is 1.04 bits per heavy atom. The van der Waals surface area contributed by atoms with Crippen LogP contribution >= 0.6 is 0 Å². The summed E-state index contributed by atoms with van der Waals surface area (Å²) in [5.74, 6) is 0.210. The zero-order chi connectivity index (χ0) is 20.1. The fourth-order valence-electron chi connectivity index (χ4n) is 4.09. The van der Waals surface area contributed by atoms with Crippen molar-refractivity contribution in [3.8, 4) is 5.75 Å². The number of aliphatic hydroxyl groups is 1.